The van der Waals surface area contributed by atoms with Gasteiger partial charge in [0.2, 0.25) is 5.91 Å². The molecular formula is C18H23N5O. The van der Waals surface area contributed by atoms with Crippen LogP contribution in [0.3, 0.4) is 0 Å². The number of aromatic nitrogens is 3. The van der Waals surface area contributed by atoms with Gasteiger partial charge in [-0.2, -0.15) is 5.10 Å². The Balaban J connectivity index is 1.52. The lowest BCUT2D eigenvalue weighted by molar-refractivity contribution is -0.134. The molecule has 2 aliphatic rings. The molecule has 1 amide bonds. The standard InChI is InChI=1S/C18H23N5O/c19-16-9-13(5-7-20-16)15-10-21-22-17(15)14-6-8-23(11-14)18(24)12-3-1-2-4-12/h5,7,9-10,12,14H,1-4,6,8,11H2,(H2,19,20)(H,21,22). The lowest BCUT2D eigenvalue weighted by Gasteiger charge is -2.20. The van der Waals surface area contributed by atoms with Crippen molar-refractivity contribution in [3.05, 3.63) is 30.2 Å². The van der Waals surface area contributed by atoms with E-state index in [1.807, 2.05) is 23.2 Å². The van der Waals surface area contributed by atoms with Crippen LogP contribution in [-0.4, -0.2) is 39.1 Å². The third-order valence-corrected chi connectivity index (χ3v) is 5.37. The summed E-state index contributed by atoms with van der Waals surface area (Å²) in [7, 11) is 0. The average Bonchev–Trinajstić information content (AvgIpc) is 3.33. The van der Waals surface area contributed by atoms with Crippen molar-refractivity contribution >= 4 is 11.7 Å². The Hall–Kier alpha value is -2.37. The zero-order valence-electron chi connectivity index (χ0n) is 13.7. The maximum Gasteiger partial charge on any atom is 0.225 e. The summed E-state index contributed by atoms with van der Waals surface area (Å²) in [5.41, 5.74) is 8.98. The quantitative estimate of drug-likeness (QED) is 0.908. The highest BCUT2D eigenvalue weighted by Crippen LogP contribution is 2.35. The maximum absolute atomic E-state index is 12.6. The molecule has 0 spiro atoms. The van der Waals surface area contributed by atoms with Gasteiger partial charge in [0.1, 0.15) is 5.82 Å². The monoisotopic (exact) mass is 325 g/mol. The molecule has 6 nitrogen and oxygen atoms in total. The number of rotatable bonds is 3. The highest BCUT2D eigenvalue weighted by atomic mass is 16.2. The fraction of sp³-hybridized carbons (Fsp3) is 0.500. The molecule has 4 rings (SSSR count). The normalized spacial score (nSPS) is 21.5. The number of pyridine rings is 1. The number of likely N-dealkylation sites (tertiary alicyclic amines) is 1. The second-order valence-electron chi connectivity index (χ2n) is 6.92. The van der Waals surface area contributed by atoms with E-state index in [0.29, 0.717) is 17.6 Å². The molecule has 2 fully saturated rings. The Morgan fingerprint density at radius 1 is 1.29 bits per heavy atom. The van der Waals surface area contributed by atoms with Crippen molar-refractivity contribution < 1.29 is 4.79 Å². The predicted molar refractivity (Wildman–Crippen MR) is 92.1 cm³/mol. The van der Waals surface area contributed by atoms with Crippen LogP contribution in [0.15, 0.2) is 24.5 Å². The van der Waals surface area contributed by atoms with Gasteiger partial charge in [-0.3, -0.25) is 9.89 Å². The molecule has 1 unspecified atom stereocenters. The Morgan fingerprint density at radius 3 is 2.92 bits per heavy atom. The minimum atomic E-state index is 0.255. The number of nitrogens with one attached hydrogen (secondary N) is 1. The van der Waals surface area contributed by atoms with Crippen LogP contribution >= 0.6 is 0 Å². The van der Waals surface area contributed by atoms with Gasteiger partial charge in [-0.15, -0.1) is 0 Å². The van der Waals surface area contributed by atoms with Gasteiger partial charge in [-0.05, 0) is 37.0 Å². The van der Waals surface area contributed by atoms with E-state index in [4.69, 9.17) is 5.73 Å². The van der Waals surface area contributed by atoms with Gasteiger partial charge < -0.3 is 10.6 Å². The Kier molecular flexibility index (Phi) is 3.96. The number of nitrogens with two attached hydrogens (primary N) is 1. The Bertz CT molecular complexity index is 735. The molecule has 1 aliphatic carbocycles. The molecule has 1 atom stereocenters. The van der Waals surface area contributed by atoms with Crippen LogP contribution in [0.5, 0.6) is 0 Å². The number of aromatic amines is 1. The molecule has 24 heavy (non-hydrogen) atoms. The molecule has 2 aromatic rings. The van der Waals surface area contributed by atoms with Crippen LogP contribution in [0.4, 0.5) is 5.82 Å². The van der Waals surface area contributed by atoms with Crippen molar-refractivity contribution in [2.45, 2.75) is 38.0 Å². The molecule has 0 aromatic carbocycles. The molecular weight excluding hydrogens is 302 g/mol. The van der Waals surface area contributed by atoms with E-state index in [-0.39, 0.29) is 5.92 Å². The topological polar surface area (TPSA) is 87.9 Å². The van der Waals surface area contributed by atoms with E-state index < -0.39 is 0 Å². The summed E-state index contributed by atoms with van der Waals surface area (Å²) >= 11 is 0. The van der Waals surface area contributed by atoms with Crippen molar-refractivity contribution in [2.24, 2.45) is 5.92 Å². The molecule has 6 heteroatoms. The first-order valence-electron chi connectivity index (χ1n) is 8.76. The third kappa shape index (κ3) is 2.77. The first-order chi connectivity index (χ1) is 11.7. The molecule has 1 aliphatic heterocycles. The number of nitrogen functional groups attached to an aromatic ring is 1. The lowest BCUT2D eigenvalue weighted by Crippen LogP contribution is -2.33. The number of H-pyrrole nitrogens is 1. The van der Waals surface area contributed by atoms with Crippen LogP contribution < -0.4 is 5.73 Å². The van der Waals surface area contributed by atoms with Gasteiger partial charge >= 0.3 is 0 Å². The molecule has 3 N–H and O–H groups in total. The highest BCUT2D eigenvalue weighted by Gasteiger charge is 2.34. The first-order valence-corrected chi connectivity index (χ1v) is 8.76. The number of anilines is 1. The molecule has 3 heterocycles. The van der Waals surface area contributed by atoms with Gasteiger partial charge in [-0.25, -0.2) is 4.98 Å². The summed E-state index contributed by atoms with van der Waals surface area (Å²) in [6.45, 7) is 1.63. The fourth-order valence-electron chi connectivity index (χ4n) is 4.08. The summed E-state index contributed by atoms with van der Waals surface area (Å²) in [4.78, 5) is 18.7. The van der Waals surface area contributed by atoms with E-state index in [1.165, 1.54) is 12.8 Å². The summed E-state index contributed by atoms with van der Waals surface area (Å²) in [6.07, 6.45) is 9.05. The maximum atomic E-state index is 12.6. The molecule has 126 valence electrons. The minimum Gasteiger partial charge on any atom is -0.384 e. The summed E-state index contributed by atoms with van der Waals surface area (Å²) in [5, 5.41) is 7.38. The lowest BCUT2D eigenvalue weighted by atomic mass is 9.97. The third-order valence-electron chi connectivity index (χ3n) is 5.37. The Labute approximate surface area is 141 Å². The minimum absolute atomic E-state index is 0.255. The zero-order valence-corrected chi connectivity index (χ0v) is 13.7. The molecule has 0 bridgehead atoms. The van der Waals surface area contributed by atoms with E-state index >= 15 is 0 Å². The van der Waals surface area contributed by atoms with Crippen molar-refractivity contribution in [2.75, 3.05) is 18.8 Å². The summed E-state index contributed by atoms with van der Waals surface area (Å²) in [5.74, 6) is 1.42. The fourth-order valence-corrected chi connectivity index (χ4v) is 4.08. The smallest absolute Gasteiger partial charge is 0.225 e. The number of amides is 1. The molecule has 0 radical (unpaired) electrons. The van der Waals surface area contributed by atoms with Crippen molar-refractivity contribution in [1.82, 2.24) is 20.1 Å². The number of carbonyl (C=O) groups excluding carboxylic acids is 1. The predicted octanol–water partition coefficient (Wildman–Crippen LogP) is 2.56. The second-order valence-corrected chi connectivity index (χ2v) is 6.92. The van der Waals surface area contributed by atoms with Gasteiger partial charge in [0.05, 0.1) is 6.20 Å². The first kappa shape index (κ1) is 15.2. The largest absolute Gasteiger partial charge is 0.384 e. The second kappa shape index (κ2) is 6.26. The molecule has 1 saturated carbocycles. The van der Waals surface area contributed by atoms with Crippen LogP contribution in [0.1, 0.15) is 43.7 Å². The van der Waals surface area contributed by atoms with Crippen molar-refractivity contribution in [3.63, 3.8) is 0 Å². The van der Waals surface area contributed by atoms with Crippen molar-refractivity contribution in [1.29, 1.82) is 0 Å². The van der Waals surface area contributed by atoms with E-state index in [1.54, 1.807) is 6.20 Å². The molecule has 2 aromatic heterocycles. The Morgan fingerprint density at radius 2 is 2.12 bits per heavy atom. The van der Waals surface area contributed by atoms with Crippen molar-refractivity contribution in [3.8, 4) is 11.1 Å². The number of carbonyl (C=O) groups is 1. The van der Waals surface area contributed by atoms with Gasteiger partial charge in [-0.1, -0.05) is 12.8 Å². The van der Waals surface area contributed by atoms with Crippen LogP contribution in [-0.2, 0) is 4.79 Å². The summed E-state index contributed by atoms with van der Waals surface area (Å²) in [6, 6.07) is 3.81. The van der Waals surface area contributed by atoms with Crippen LogP contribution in [0.25, 0.3) is 11.1 Å². The van der Waals surface area contributed by atoms with E-state index in [0.717, 1.165) is 49.2 Å². The number of nitrogens with zero attached hydrogens (tertiary/aromatic N) is 3. The van der Waals surface area contributed by atoms with Gasteiger partial charge in [0.25, 0.3) is 0 Å². The average molecular weight is 325 g/mol. The number of hydrogen-bond acceptors (Lipinski definition) is 4. The SMILES string of the molecule is Nc1cc(-c2cn[nH]c2C2CCN(C(=O)C3CCCC3)C2)ccn1. The van der Waals surface area contributed by atoms with E-state index in [9.17, 15) is 4.79 Å². The molecule has 1 saturated heterocycles. The van der Waals surface area contributed by atoms with Crippen LogP contribution in [0.2, 0.25) is 0 Å². The number of hydrogen-bond donors (Lipinski definition) is 2. The van der Waals surface area contributed by atoms with Gasteiger partial charge in [0.15, 0.2) is 0 Å². The van der Waals surface area contributed by atoms with Crippen LogP contribution in [0, 0.1) is 5.92 Å². The van der Waals surface area contributed by atoms with E-state index in [2.05, 4.69) is 15.2 Å². The summed E-state index contributed by atoms with van der Waals surface area (Å²) < 4.78 is 0. The highest BCUT2D eigenvalue weighted by molar-refractivity contribution is 5.79. The van der Waals surface area contributed by atoms with Gasteiger partial charge in [0, 0.05) is 42.4 Å². The zero-order chi connectivity index (χ0) is 16.5.